The number of piperidine rings is 1. The molecule has 0 aromatic rings. The molecule has 0 radical (unpaired) electrons. The van der Waals surface area contributed by atoms with Crippen molar-refractivity contribution in [3.8, 4) is 0 Å². The van der Waals surface area contributed by atoms with E-state index in [1.54, 1.807) is 0 Å². The lowest BCUT2D eigenvalue weighted by Crippen LogP contribution is -2.44. The average molecular weight is 225 g/mol. The first-order chi connectivity index (χ1) is 7.70. The number of carbonyl (C=O) groups is 1. The number of ether oxygens (including phenoxy) is 1. The minimum atomic E-state index is 0.429. The van der Waals surface area contributed by atoms with Crippen molar-refractivity contribution in [1.82, 2.24) is 4.90 Å². The molecule has 2 aliphatic heterocycles. The van der Waals surface area contributed by atoms with Crippen LogP contribution in [0.4, 0.5) is 0 Å². The average Bonchev–Trinajstić information content (AvgIpc) is 2.69. The van der Waals surface area contributed by atoms with Crippen LogP contribution in [0.1, 0.15) is 39.5 Å². The van der Waals surface area contributed by atoms with Gasteiger partial charge in [0.25, 0.3) is 0 Å². The quantitative estimate of drug-likeness (QED) is 0.734. The summed E-state index contributed by atoms with van der Waals surface area (Å²) < 4.78 is 5.72. The van der Waals surface area contributed by atoms with Gasteiger partial charge in [-0.1, -0.05) is 6.92 Å². The molecule has 3 heteroatoms. The van der Waals surface area contributed by atoms with E-state index in [4.69, 9.17) is 4.74 Å². The predicted octanol–water partition coefficient (Wildman–Crippen LogP) is 1.85. The summed E-state index contributed by atoms with van der Waals surface area (Å²) in [6.07, 6.45) is 4.24. The zero-order valence-corrected chi connectivity index (χ0v) is 10.4. The number of rotatable bonds is 3. The van der Waals surface area contributed by atoms with E-state index in [9.17, 15) is 4.79 Å². The highest BCUT2D eigenvalue weighted by Crippen LogP contribution is 2.26. The number of ketones is 1. The SMILES string of the molecule is CCC1OCCC1CN1CCC(=O)CC1C. The number of likely N-dealkylation sites (tertiary alicyclic amines) is 1. The molecule has 2 heterocycles. The molecule has 0 amide bonds. The third kappa shape index (κ3) is 2.64. The standard InChI is InChI=1S/C13H23NO2/c1-3-13-11(5-7-16-13)9-14-6-4-12(15)8-10(14)2/h10-11,13H,3-9H2,1-2H3. The Kier molecular flexibility index (Phi) is 3.98. The first kappa shape index (κ1) is 12.1. The van der Waals surface area contributed by atoms with Crippen LogP contribution in [-0.2, 0) is 9.53 Å². The fourth-order valence-electron chi connectivity index (χ4n) is 2.97. The largest absolute Gasteiger partial charge is 0.378 e. The minimum absolute atomic E-state index is 0.429. The van der Waals surface area contributed by atoms with E-state index >= 15 is 0 Å². The molecule has 3 unspecified atom stereocenters. The van der Waals surface area contributed by atoms with E-state index in [0.717, 1.165) is 39.0 Å². The van der Waals surface area contributed by atoms with Crippen molar-refractivity contribution in [2.45, 2.75) is 51.7 Å². The highest BCUT2D eigenvalue weighted by atomic mass is 16.5. The Bertz CT molecular complexity index is 254. The summed E-state index contributed by atoms with van der Waals surface area (Å²) in [5.74, 6) is 1.11. The molecule has 0 N–H and O–H groups in total. The summed E-state index contributed by atoms with van der Waals surface area (Å²) in [5, 5.41) is 0. The van der Waals surface area contributed by atoms with Crippen LogP contribution in [-0.4, -0.2) is 42.5 Å². The van der Waals surface area contributed by atoms with Crippen LogP contribution in [0, 0.1) is 5.92 Å². The molecule has 0 aromatic carbocycles. The van der Waals surface area contributed by atoms with Gasteiger partial charge in [0.1, 0.15) is 5.78 Å². The third-order valence-corrected chi connectivity index (χ3v) is 4.04. The van der Waals surface area contributed by atoms with Gasteiger partial charge >= 0.3 is 0 Å². The zero-order chi connectivity index (χ0) is 11.5. The Morgan fingerprint density at radius 3 is 3.00 bits per heavy atom. The number of carbonyl (C=O) groups excluding carboxylic acids is 1. The molecule has 2 fully saturated rings. The Morgan fingerprint density at radius 2 is 2.31 bits per heavy atom. The summed E-state index contributed by atoms with van der Waals surface area (Å²) in [6, 6.07) is 0.430. The van der Waals surface area contributed by atoms with Gasteiger partial charge in [-0.25, -0.2) is 0 Å². The molecule has 0 saturated carbocycles. The van der Waals surface area contributed by atoms with Gasteiger partial charge in [-0.3, -0.25) is 9.69 Å². The number of Topliss-reactive ketones (excluding diaryl/α,β-unsaturated/α-hetero) is 1. The third-order valence-electron chi connectivity index (χ3n) is 4.04. The summed E-state index contributed by atoms with van der Waals surface area (Å²) in [7, 11) is 0. The first-order valence-corrected chi connectivity index (χ1v) is 6.58. The predicted molar refractivity (Wildman–Crippen MR) is 63.4 cm³/mol. The van der Waals surface area contributed by atoms with Crippen LogP contribution >= 0.6 is 0 Å². The summed E-state index contributed by atoms with van der Waals surface area (Å²) >= 11 is 0. The summed E-state index contributed by atoms with van der Waals surface area (Å²) in [4.78, 5) is 13.8. The van der Waals surface area contributed by atoms with Crippen LogP contribution in [0.5, 0.6) is 0 Å². The highest BCUT2D eigenvalue weighted by Gasteiger charge is 2.31. The number of nitrogens with zero attached hydrogens (tertiary/aromatic N) is 1. The molecule has 0 bridgehead atoms. The van der Waals surface area contributed by atoms with E-state index in [0.29, 0.717) is 23.8 Å². The van der Waals surface area contributed by atoms with Crippen molar-refractivity contribution in [3.63, 3.8) is 0 Å². The number of hydrogen-bond acceptors (Lipinski definition) is 3. The van der Waals surface area contributed by atoms with Crippen molar-refractivity contribution in [3.05, 3.63) is 0 Å². The van der Waals surface area contributed by atoms with Crippen molar-refractivity contribution < 1.29 is 9.53 Å². The molecule has 0 spiro atoms. The highest BCUT2D eigenvalue weighted by molar-refractivity contribution is 5.79. The molecule has 3 nitrogen and oxygen atoms in total. The van der Waals surface area contributed by atoms with Gasteiger partial charge in [0.05, 0.1) is 6.10 Å². The molecule has 92 valence electrons. The van der Waals surface area contributed by atoms with Crippen molar-refractivity contribution >= 4 is 5.78 Å². The maximum atomic E-state index is 11.3. The van der Waals surface area contributed by atoms with E-state index < -0.39 is 0 Å². The molecule has 3 atom stereocenters. The van der Waals surface area contributed by atoms with Crippen molar-refractivity contribution in [2.75, 3.05) is 19.7 Å². The van der Waals surface area contributed by atoms with Gasteiger partial charge in [0.15, 0.2) is 0 Å². The second kappa shape index (κ2) is 5.28. The van der Waals surface area contributed by atoms with Gasteiger partial charge in [-0.05, 0) is 25.7 Å². The van der Waals surface area contributed by atoms with E-state index in [1.165, 1.54) is 6.42 Å². The lowest BCUT2D eigenvalue weighted by atomic mass is 9.95. The monoisotopic (exact) mass is 225 g/mol. The van der Waals surface area contributed by atoms with Crippen LogP contribution in [0.15, 0.2) is 0 Å². The van der Waals surface area contributed by atoms with Gasteiger partial charge in [0.2, 0.25) is 0 Å². The maximum absolute atomic E-state index is 11.3. The second-order valence-electron chi connectivity index (χ2n) is 5.20. The molecule has 0 aliphatic carbocycles. The molecule has 16 heavy (non-hydrogen) atoms. The van der Waals surface area contributed by atoms with Gasteiger partial charge in [-0.15, -0.1) is 0 Å². The van der Waals surface area contributed by atoms with E-state index in [2.05, 4.69) is 18.7 Å². The zero-order valence-electron chi connectivity index (χ0n) is 10.4. The van der Waals surface area contributed by atoms with E-state index in [-0.39, 0.29) is 0 Å². The van der Waals surface area contributed by atoms with Crippen LogP contribution in [0.25, 0.3) is 0 Å². The van der Waals surface area contributed by atoms with Crippen molar-refractivity contribution in [1.29, 1.82) is 0 Å². The Morgan fingerprint density at radius 1 is 1.50 bits per heavy atom. The van der Waals surface area contributed by atoms with Gasteiger partial charge in [-0.2, -0.15) is 0 Å². The normalized spacial score (nSPS) is 36.9. The number of hydrogen-bond donors (Lipinski definition) is 0. The smallest absolute Gasteiger partial charge is 0.135 e. The first-order valence-electron chi connectivity index (χ1n) is 6.58. The fourth-order valence-corrected chi connectivity index (χ4v) is 2.97. The molecule has 2 rings (SSSR count). The fraction of sp³-hybridized carbons (Fsp3) is 0.923. The van der Waals surface area contributed by atoms with Gasteiger partial charge < -0.3 is 4.74 Å². The molecule has 2 saturated heterocycles. The molecular weight excluding hydrogens is 202 g/mol. The second-order valence-corrected chi connectivity index (χ2v) is 5.20. The van der Waals surface area contributed by atoms with Crippen molar-refractivity contribution in [2.24, 2.45) is 5.92 Å². The topological polar surface area (TPSA) is 29.5 Å². The maximum Gasteiger partial charge on any atom is 0.135 e. The van der Waals surface area contributed by atoms with Crippen LogP contribution in [0.2, 0.25) is 0 Å². The lowest BCUT2D eigenvalue weighted by Gasteiger charge is -2.35. The van der Waals surface area contributed by atoms with Crippen LogP contribution < -0.4 is 0 Å². The Balaban J connectivity index is 1.86. The molecular formula is C13H23NO2. The summed E-state index contributed by atoms with van der Waals surface area (Å²) in [6.45, 7) is 7.37. The van der Waals surface area contributed by atoms with Crippen LogP contribution in [0.3, 0.4) is 0 Å². The van der Waals surface area contributed by atoms with E-state index in [1.807, 2.05) is 0 Å². The Labute approximate surface area is 98.1 Å². The van der Waals surface area contributed by atoms with Gasteiger partial charge in [0, 0.05) is 38.6 Å². The Hall–Kier alpha value is -0.410. The summed E-state index contributed by atoms with van der Waals surface area (Å²) in [5.41, 5.74) is 0. The molecule has 2 aliphatic rings. The molecule has 0 aromatic heterocycles. The lowest BCUT2D eigenvalue weighted by molar-refractivity contribution is -0.123. The minimum Gasteiger partial charge on any atom is -0.378 e.